The number of carbonyl (C=O) groups is 5. The Hall–Kier alpha value is -3.34. The molecule has 0 radical (unpaired) electrons. The molecular formula is C26H35FN4O6. The maximum absolute atomic E-state index is 13.9. The first-order valence-electron chi connectivity index (χ1n) is 12.9. The third-order valence-corrected chi connectivity index (χ3v) is 7.02. The number of anilines is 1. The Labute approximate surface area is 215 Å². The molecule has 2 fully saturated rings. The van der Waals surface area contributed by atoms with Crippen molar-refractivity contribution in [1.82, 2.24) is 16.0 Å². The van der Waals surface area contributed by atoms with Crippen molar-refractivity contribution >= 4 is 35.1 Å². The molecule has 0 unspecified atom stereocenters. The van der Waals surface area contributed by atoms with Crippen molar-refractivity contribution in [2.24, 2.45) is 11.8 Å². The molecule has 1 aliphatic heterocycles. The van der Waals surface area contributed by atoms with Gasteiger partial charge in [-0.05, 0) is 43.7 Å². The number of hydrogen-bond donors (Lipinski definition) is 5. The SMILES string of the molecule is O=C(Nc1ccccc1F)C(=O)N[C@@H](CC1CCCCC1)C(=O)N[C@@H](C[C@@H]1CCCNC1=O)C(=O)CO. The summed E-state index contributed by atoms with van der Waals surface area (Å²) in [6.45, 7) is -0.269. The van der Waals surface area contributed by atoms with E-state index in [-0.39, 0.29) is 30.4 Å². The van der Waals surface area contributed by atoms with Crippen LogP contribution in [0.1, 0.15) is 57.8 Å². The van der Waals surface area contributed by atoms with Crippen molar-refractivity contribution in [1.29, 1.82) is 0 Å². The van der Waals surface area contributed by atoms with Gasteiger partial charge in [0.2, 0.25) is 11.8 Å². The average Bonchev–Trinajstić information content (AvgIpc) is 2.90. The van der Waals surface area contributed by atoms with Crippen LogP contribution in [0.15, 0.2) is 24.3 Å². The van der Waals surface area contributed by atoms with Crippen LogP contribution in [0.25, 0.3) is 0 Å². The maximum atomic E-state index is 13.9. The van der Waals surface area contributed by atoms with E-state index < -0.39 is 53.9 Å². The maximum Gasteiger partial charge on any atom is 0.313 e. The van der Waals surface area contributed by atoms with Crippen molar-refractivity contribution in [2.45, 2.75) is 69.9 Å². The van der Waals surface area contributed by atoms with Crippen molar-refractivity contribution in [3.63, 3.8) is 0 Å². The van der Waals surface area contributed by atoms with E-state index in [0.29, 0.717) is 13.0 Å². The zero-order chi connectivity index (χ0) is 26.8. The molecule has 3 atom stereocenters. The third kappa shape index (κ3) is 8.34. The number of ketones is 1. The lowest BCUT2D eigenvalue weighted by atomic mass is 9.84. The molecule has 1 saturated carbocycles. The molecule has 11 heteroatoms. The topological polar surface area (TPSA) is 154 Å². The largest absolute Gasteiger partial charge is 0.389 e. The van der Waals surface area contributed by atoms with Crippen LogP contribution >= 0.6 is 0 Å². The predicted molar refractivity (Wildman–Crippen MR) is 133 cm³/mol. The standard InChI is InChI=1S/C26H35FN4O6/c27-18-10-4-5-11-19(18)29-25(36)26(37)31-21(13-16-7-2-1-3-8-16)24(35)30-20(22(33)15-32)14-17-9-6-12-28-23(17)34/h4-5,10-11,16-17,20-21,32H,1-3,6-9,12-15H2,(H,28,34)(H,29,36)(H,30,35)(H,31,37)/t17-,20-,21-/m0/s1. The van der Waals surface area contributed by atoms with Crippen LogP contribution in [-0.2, 0) is 24.0 Å². The Bertz CT molecular complexity index is 997. The highest BCUT2D eigenvalue weighted by Gasteiger charge is 2.33. The Kier molecular flexibility index (Phi) is 10.6. The van der Waals surface area contributed by atoms with E-state index in [2.05, 4.69) is 21.3 Å². The van der Waals surface area contributed by atoms with E-state index in [9.17, 15) is 33.5 Å². The highest BCUT2D eigenvalue weighted by atomic mass is 19.1. The summed E-state index contributed by atoms with van der Waals surface area (Å²) in [4.78, 5) is 63.0. The summed E-state index contributed by atoms with van der Waals surface area (Å²) in [5.74, 6) is -4.86. The second-order valence-corrected chi connectivity index (χ2v) is 9.75. The van der Waals surface area contributed by atoms with Crippen molar-refractivity contribution in [3.8, 4) is 0 Å². The van der Waals surface area contributed by atoms with Crippen molar-refractivity contribution in [2.75, 3.05) is 18.5 Å². The second-order valence-electron chi connectivity index (χ2n) is 9.75. The molecule has 1 aliphatic carbocycles. The molecule has 37 heavy (non-hydrogen) atoms. The van der Waals surface area contributed by atoms with E-state index >= 15 is 0 Å². The minimum Gasteiger partial charge on any atom is -0.389 e. The van der Waals surface area contributed by atoms with Gasteiger partial charge in [0.05, 0.1) is 11.7 Å². The molecule has 3 rings (SSSR count). The van der Waals surface area contributed by atoms with E-state index in [0.717, 1.165) is 44.6 Å². The Morgan fingerprint density at radius 1 is 0.946 bits per heavy atom. The normalized spacial score (nSPS) is 19.7. The fraction of sp³-hybridized carbons (Fsp3) is 0.577. The average molecular weight is 519 g/mol. The number of halogens is 1. The summed E-state index contributed by atoms with van der Waals surface area (Å²) in [6.07, 6.45) is 6.36. The van der Waals surface area contributed by atoms with Gasteiger partial charge in [-0.1, -0.05) is 44.2 Å². The van der Waals surface area contributed by atoms with Crippen molar-refractivity contribution < 1.29 is 33.5 Å². The lowest BCUT2D eigenvalue weighted by molar-refractivity contribution is -0.139. The van der Waals surface area contributed by atoms with Crippen LogP contribution in [0.5, 0.6) is 0 Å². The fourth-order valence-corrected chi connectivity index (χ4v) is 4.95. The smallest absolute Gasteiger partial charge is 0.313 e. The lowest BCUT2D eigenvalue weighted by Gasteiger charge is -2.29. The second kappa shape index (κ2) is 13.8. The molecule has 1 saturated heterocycles. The summed E-state index contributed by atoms with van der Waals surface area (Å²) in [5.41, 5.74) is -0.171. The van der Waals surface area contributed by atoms with Gasteiger partial charge in [-0.25, -0.2) is 4.39 Å². The number of Topliss-reactive ketones (excluding diaryl/α,β-unsaturated/α-hetero) is 1. The van der Waals surface area contributed by atoms with Crippen LogP contribution in [0.2, 0.25) is 0 Å². The van der Waals surface area contributed by atoms with Crippen LogP contribution in [0.4, 0.5) is 10.1 Å². The summed E-state index contributed by atoms with van der Waals surface area (Å²) in [5, 5.41) is 19.4. The highest BCUT2D eigenvalue weighted by Crippen LogP contribution is 2.27. The number of aliphatic hydroxyl groups excluding tert-OH is 1. The zero-order valence-corrected chi connectivity index (χ0v) is 20.8. The number of carbonyl (C=O) groups excluding carboxylic acids is 5. The number of para-hydroxylation sites is 1. The molecule has 202 valence electrons. The predicted octanol–water partition coefficient (Wildman–Crippen LogP) is 1.18. The fourth-order valence-electron chi connectivity index (χ4n) is 4.95. The summed E-state index contributed by atoms with van der Waals surface area (Å²) in [6, 6.07) is 3.13. The van der Waals surface area contributed by atoms with Gasteiger partial charge in [0.15, 0.2) is 5.78 Å². The van der Waals surface area contributed by atoms with Gasteiger partial charge in [0.25, 0.3) is 0 Å². The van der Waals surface area contributed by atoms with E-state index in [4.69, 9.17) is 0 Å². The number of piperidine rings is 1. The van der Waals surface area contributed by atoms with Crippen molar-refractivity contribution in [3.05, 3.63) is 30.1 Å². The molecule has 5 N–H and O–H groups in total. The number of rotatable bonds is 10. The molecule has 4 amide bonds. The molecule has 0 spiro atoms. The first-order valence-corrected chi connectivity index (χ1v) is 12.9. The van der Waals surface area contributed by atoms with Gasteiger partial charge in [0, 0.05) is 12.5 Å². The van der Waals surface area contributed by atoms with Crippen LogP contribution in [0, 0.1) is 17.7 Å². The number of hydrogen-bond acceptors (Lipinski definition) is 6. The first kappa shape index (κ1) is 28.2. The summed E-state index contributed by atoms with van der Waals surface area (Å²) in [7, 11) is 0. The molecular weight excluding hydrogens is 483 g/mol. The quantitative estimate of drug-likeness (QED) is 0.293. The van der Waals surface area contributed by atoms with E-state index in [1.165, 1.54) is 18.2 Å². The summed E-state index contributed by atoms with van der Waals surface area (Å²) >= 11 is 0. The number of nitrogens with one attached hydrogen (secondary N) is 4. The van der Waals surface area contributed by atoms with Gasteiger partial charge < -0.3 is 26.4 Å². The van der Waals surface area contributed by atoms with E-state index in [1.54, 1.807) is 0 Å². The number of aliphatic hydroxyl groups is 1. The minimum absolute atomic E-state index is 0.0227. The van der Waals surface area contributed by atoms with Gasteiger partial charge in [0.1, 0.15) is 18.5 Å². The van der Waals surface area contributed by atoms with E-state index in [1.807, 2.05) is 0 Å². The Balaban J connectivity index is 1.71. The number of amides is 4. The summed E-state index contributed by atoms with van der Waals surface area (Å²) < 4.78 is 13.9. The van der Waals surface area contributed by atoms with Crippen LogP contribution in [0.3, 0.4) is 0 Å². The molecule has 1 aromatic rings. The molecule has 2 aliphatic rings. The van der Waals surface area contributed by atoms with Gasteiger partial charge >= 0.3 is 11.8 Å². The Morgan fingerprint density at radius 2 is 1.68 bits per heavy atom. The minimum atomic E-state index is -1.13. The highest BCUT2D eigenvalue weighted by molar-refractivity contribution is 6.40. The Morgan fingerprint density at radius 3 is 2.35 bits per heavy atom. The molecule has 1 heterocycles. The number of benzene rings is 1. The molecule has 0 aromatic heterocycles. The first-order chi connectivity index (χ1) is 17.8. The van der Waals surface area contributed by atoms with Gasteiger partial charge in [-0.15, -0.1) is 0 Å². The van der Waals surface area contributed by atoms with Crippen LogP contribution in [-0.4, -0.2) is 59.8 Å². The molecule has 1 aromatic carbocycles. The third-order valence-electron chi connectivity index (χ3n) is 7.02. The molecule has 10 nitrogen and oxygen atoms in total. The monoisotopic (exact) mass is 518 g/mol. The van der Waals surface area contributed by atoms with Gasteiger partial charge in [-0.2, -0.15) is 0 Å². The zero-order valence-electron chi connectivity index (χ0n) is 20.8. The lowest BCUT2D eigenvalue weighted by Crippen LogP contribution is -2.55. The van der Waals surface area contributed by atoms with Gasteiger partial charge in [-0.3, -0.25) is 24.0 Å². The molecule has 0 bridgehead atoms. The van der Waals surface area contributed by atoms with Crippen LogP contribution < -0.4 is 21.3 Å².